The van der Waals surface area contributed by atoms with Crippen molar-refractivity contribution >= 4 is 38.6 Å². The molecule has 1 nitrogen and oxygen atoms in total. The zero-order valence-electron chi connectivity index (χ0n) is 8.67. The summed E-state index contributed by atoms with van der Waals surface area (Å²) >= 11 is 3.37. The third-order valence-corrected chi connectivity index (χ3v) is 3.54. The molecule has 6 heteroatoms. The van der Waals surface area contributed by atoms with E-state index in [1.54, 1.807) is 0 Å². The summed E-state index contributed by atoms with van der Waals surface area (Å²) in [6.07, 6.45) is 1.81. The summed E-state index contributed by atoms with van der Waals surface area (Å²) in [6.45, 7) is 0.356. The predicted molar refractivity (Wildman–Crippen MR) is 68.2 cm³/mol. The Kier molecular flexibility index (Phi) is 3.73. The zero-order chi connectivity index (χ0) is 12.5. The van der Waals surface area contributed by atoms with Gasteiger partial charge in [-0.05, 0) is 36.0 Å². The van der Waals surface area contributed by atoms with Gasteiger partial charge in [-0.25, -0.2) is 0 Å². The van der Waals surface area contributed by atoms with Gasteiger partial charge in [-0.15, -0.1) is 0 Å². The van der Waals surface area contributed by atoms with Crippen LogP contribution in [0.2, 0.25) is 0 Å². The third kappa shape index (κ3) is 3.42. The molecule has 0 aliphatic heterocycles. The van der Waals surface area contributed by atoms with Crippen molar-refractivity contribution in [1.82, 2.24) is 4.57 Å². The minimum absolute atomic E-state index is 0.0134. The first-order chi connectivity index (χ1) is 7.96. The molecule has 0 saturated heterocycles. The SMILES string of the molecule is FC(F)(F)SCCn1ccc2cc(Br)ccc21. The molecule has 0 bridgehead atoms. The fourth-order valence-corrected chi connectivity index (χ4v) is 2.52. The van der Waals surface area contributed by atoms with Gasteiger partial charge in [-0.3, -0.25) is 0 Å². The van der Waals surface area contributed by atoms with Gasteiger partial charge in [0.2, 0.25) is 0 Å². The Morgan fingerprint density at radius 1 is 1.24 bits per heavy atom. The van der Waals surface area contributed by atoms with E-state index in [0.29, 0.717) is 6.54 Å². The maximum atomic E-state index is 12.0. The molecule has 0 atom stereocenters. The molecule has 92 valence electrons. The van der Waals surface area contributed by atoms with Gasteiger partial charge < -0.3 is 4.57 Å². The first-order valence-corrected chi connectivity index (χ1v) is 6.69. The molecule has 0 amide bonds. The average Bonchev–Trinajstić information content (AvgIpc) is 2.59. The van der Waals surface area contributed by atoms with E-state index in [-0.39, 0.29) is 17.5 Å². The van der Waals surface area contributed by atoms with E-state index in [9.17, 15) is 13.2 Å². The minimum atomic E-state index is -4.15. The Balaban J connectivity index is 2.09. The number of alkyl halides is 3. The summed E-state index contributed by atoms with van der Waals surface area (Å²) in [7, 11) is 0. The van der Waals surface area contributed by atoms with Crippen LogP contribution >= 0.6 is 27.7 Å². The van der Waals surface area contributed by atoms with Gasteiger partial charge in [-0.2, -0.15) is 13.2 Å². The highest BCUT2D eigenvalue weighted by Crippen LogP contribution is 2.30. The van der Waals surface area contributed by atoms with Gasteiger partial charge in [0.25, 0.3) is 0 Å². The molecular formula is C11H9BrF3NS. The predicted octanol–water partition coefficient (Wildman–Crippen LogP) is 4.66. The number of nitrogens with zero attached hydrogens (tertiary/aromatic N) is 1. The summed E-state index contributed by atoms with van der Waals surface area (Å²) in [4.78, 5) is 0. The topological polar surface area (TPSA) is 4.93 Å². The molecule has 0 aliphatic rings. The molecule has 0 fully saturated rings. The molecule has 0 aliphatic carbocycles. The molecule has 0 saturated carbocycles. The van der Waals surface area contributed by atoms with Crippen molar-refractivity contribution in [2.24, 2.45) is 0 Å². The molecule has 17 heavy (non-hydrogen) atoms. The second-order valence-electron chi connectivity index (χ2n) is 3.51. The van der Waals surface area contributed by atoms with Crippen LogP contribution in [0.3, 0.4) is 0 Å². The van der Waals surface area contributed by atoms with E-state index in [1.165, 1.54) is 0 Å². The first-order valence-electron chi connectivity index (χ1n) is 4.91. The summed E-state index contributed by atoms with van der Waals surface area (Å²) in [5.41, 5.74) is -3.19. The fourth-order valence-electron chi connectivity index (χ4n) is 1.63. The van der Waals surface area contributed by atoms with Crippen molar-refractivity contribution in [3.8, 4) is 0 Å². The normalized spacial score (nSPS) is 12.2. The van der Waals surface area contributed by atoms with Crippen molar-refractivity contribution < 1.29 is 13.2 Å². The minimum Gasteiger partial charge on any atom is -0.347 e. The summed E-state index contributed by atoms with van der Waals surface area (Å²) in [5.74, 6) is 0.0311. The molecule has 0 unspecified atom stereocenters. The van der Waals surface area contributed by atoms with Gasteiger partial charge in [0, 0.05) is 33.9 Å². The van der Waals surface area contributed by atoms with Gasteiger partial charge in [0.15, 0.2) is 0 Å². The van der Waals surface area contributed by atoms with Crippen LogP contribution in [-0.2, 0) is 6.54 Å². The lowest BCUT2D eigenvalue weighted by Gasteiger charge is -2.07. The van der Waals surface area contributed by atoms with Crippen molar-refractivity contribution in [2.75, 3.05) is 5.75 Å². The van der Waals surface area contributed by atoms with Crippen molar-refractivity contribution in [3.63, 3.8) is 0 Å². The van der Waals surface area contributed by atoms with Crippen LogP contribution in [0.5, 0.6) is 0 Å². The number of halogens is 4. The lowest BCUT2D eigenvalue weighted by Crippen LogP contribution is -2.06. The van der Waals surface area contributed by atoms with Gasteiger partial charge in [0.1, 0.15) is 0 Å². The summed E-state index contributed by atoms with van der Waals surface area (Å²) in [6, 6.07) is 7.63. The highest BCUT2D eigenvalue weighted by atomic mass is 79.9. The number of benzene rings is 1. The lowest BCUT2D eigenvalue weighted by atomic mass is 10.2. The molecule has 2 rings (SSSR count). The summed E-state index contributed by atoms with van der Waals surface area (Å²) in [5, 5.41) is 1.02. The van der Waals surface area contributed by atoms with E-state index >= 15 is 0 Å². The Labute approximate surface area is 109 Å². The standard InChI is InChI=1S/C11H9BrF3NS/c12-9-1-2-10-8(7-9)3-4-16(10)5-6-17-11(13,14)15/h1-4,7H,5-6H2. The van der Waals surface area contributed by atoms with Crippen LogP contribution in [0.1, 0.15) is 0 Å². The monoisotopic (exact) mass is 323 g/mol. The van der Waals surface area contributed by atoms with Crippen LogP contribution in [0.15, 0.2) is 34.9 Å². The molecule has 0 spiro atoms. The maximum absolute atomic E-state index is 12.0. The first kappa shape index (κ1) is 12.8. The largest absolute Gasteiger partial charge is 0.441 e. The lowest BCUT2D eigenvalue weighted by molar-refractivity contribution is -0.0328. The third-order valence-electron chi connectivity index (χ3n) is 2.33. The molecule has 0 N–H and O–H groups in total. The van der Waals surface area contributed by atoms with Gasteiger partial charge in [0.05, 0.1) is 0 Å². The quantitative estimate of drug-likeness (QED) is 0.795. The van der Waals surface area contributed by atoms with E-state index in [1.807, 2.05) is 35.0 Å². The smallest absolute Gasteiger partial charge is 0.347 e. The van der Waals surface area contributed by atoms with E-state index in [0.717, 1.165) is 15.4 Å². The number of aromatic nitrogens is 1. The molecule has 0 radical (unpaired) electrons. The zero-order valence-corrected chi connectivity index (χ0v) is 11.1. The fraction of sp³-hybridized carbons (Fsp3) is 0.273. The molecule has 1 heterocycles. The average molecular weight is 324 g/mol. The van der Waals surface area contributed by atoms with E-state index in [2.05, 4.69) is 15.9 Å². The molecule has 1 aromatic carbocycles. The second kappa shape index (κ2) is 4.94. The van der Waals surface area contributed by atoms with Crippen molar-refractivity contribution in [1.29, 1.82) is 0 Å². The molecular weight excluding hydrogens is 315 g/mol. The van der Waals surface area contributed by atoms with Crippen LogP contribution in [0, 0.1) is 0 Å². The molecule has 1 aromatic heterocycles. The number of hydrogen-bond acceptors (Lipinski definition) is 1. The second-order valence-corrected chi connectivity index (χ2v) is 5.58. The summed E-state index contributed by atoms with van der Waals surface area (Å²) < 4.78 is 38.8. The van der Waals surface area contributed by atoms with Crippen molar-refractivity contribution in [2.45, 2.75) is 12.1 Å². The van der Waals surface area contributed by atoms with Crippen molar-refractivity contribution in [3.05, 3.63) is 34.9 Å². The van der Waals surface area contributed by atoms with E-state index < -0.39 is 5.51 Å². The Hall–Kier alpha value is -0.620. The van der Waals surface area contributed by atoms with Crippen LogP contribution in [0.25, 0.3) is 10.9 Å². The van der Waals surface area contributed by atoms with Crippen LogP contribution in [-0.4, -0.2) is 15.8 Å². The van der Waals surface area contributed by atoms with Crippen LogP contribution < -0.4 is 0 Å². The maximum Gasteiger partial charge on any atom is 0.441 e. The number of aryl methyl sites for hydroxylation is 1. The van der Waals surface area contributed by atoms with E-state index in [4.69, 9.17) is 0 Å². The Morgan fingerprint density at radius 3 is 2.71 bits per heavy atom. The highest BCUT2D eigenvalue weighted by molar-refractivity contribution is 9.10. The number of fused-ring (bicyclic) bond motifs is 1. The van der Waals surface area contributed by atoms with Gasteiger partial charge >= 0.3 is 5.51 Å². The van der Waals surface area contributed by atoms with Gasteiger partial charge in [-0.1, -0.05) is 15.9 Å². The Morgan fingerprint density at radius 2 is 2.00 bits per heavy atom. The Bertz CT molecular complexity index is 521. The van der Waals surface area contributed by atoms with Crippen LogP contribution in [0.4, 0.5) is 13.2 Å². The highest BCUT2D eigenvalue weighted by Gasteiger charge is 2.27. The number of thioether (sulfide) groups is 1. The number of hydrogen-bond donors (Lipinski definition) is 0. The molecule has 2 aromatic rings. The number of rotatable bonds is 3.